The Labute approximate surface area is 148 Å². The van der Waals surface area contributed by atoms with Crippen molar-refractivity contribution in [3.05, 3.63) is 64.7 Å². The summed E-state index contributed by atoms with van der Waals surface area (Å²) >= 11 is 5.89. The molecule has 0 aliphatic heterocycles. The van der Waals surface area contributed by atoms with Crippen molar-refractivity contribution in [2.24, 2.45) is 0 Å². The van der Waals surface area contributed by atoms with Crippen LogP contribution in [0.25, 0.3) is 0 Å². The van der Waals surface area contributed by atoms with E-state index < -0.39 is 12.8 Å². The molecule has 134 valence electrons. The number of aryl methyl sites for hydroxylation is 1. The minimum atomic E-state index is -4.37. The predicted molar refractivity (Wildman–Crippen MR) is 89.6 cm³/mol. The van der Waals surface area contributed by atoms with Crippen molar-refractivity contribution in [3.63, 3.8) is 0 Å². The molecule has 7 heteroatoms. The molecule has 0 aliphatic carbocycles. The highest BCUT2D eigenvalue weighted by Gasteiger charge is 2.28. The Balaban J connectivity index is 1.74. The van der Waals surface area contributed by atoms with Crippen molar-refractivity contribution in [3.8, 4) is 5.75 Å². The van der Waals surface area contributed by atoms with E-state index in [1.807, 2.05) is 18.2 Å². The van der Waals surface area contributed by atoms with Crippen LogP contribution in [0.4, 0.5) is 13.2 Å². The molecule has 0 unspecified atom stereocenters. The second-order valence-corrected chi connectivity index (χ2v) is 5.89. The lowest BCUT2D eigenvalue weighted by Gasteiger charge is -2.10. The molecule has 1 N–H and O–H groups in total. The van der Waals surface area contributed by atoms with Crippen LogP contribution in [-0.2, 0) is 17.8 Å². The SMILES string of the molecule is O=C(CCc1cccc(Cl)c1)NCc1ccc(OCC(F)(F)F)cc1. The minimum Gasteiger partial charge on any atom is -0.484 e. The molecule has 0 aliphatic rings. The number of ether oxygens (including phenoxy) is 1. The van der Waals surface area contributed by atoms with Gasteiger partial charge >= 0.3 is 6.18 Å². The molecule has 2 rings (SSSR count). The van der Waals surface area contributed by atoms with E-state index in [2.05, 4.69) is 10.1 Å². The standard InChI is InChI=1S/C18H17ClF3NO2/c19-15-3-1-2-13(10-15)6-9-17(24)23-11-14-4-7-16(8-5-14)25-12-18(20,21)22/h1-5,7-8,10H,6,9,11-12H2,(H,23,24). The van der Waals surface area contributed by atoms with Gasteiger partial charge < -0.3 is 10.1 Å². The van der Waals surface area contributed by atoms with Crippen LogP contribution in [0, 0.1) is 0 Å². The highest BCUT2D eigenvalue weighted by atomic mass is 35.5. The molecule has 0 fully saturated rings. The number of carbonyl (C=O) groups excluding carboxylic acids is 1. The van der Waals surface area contributed by atoms with E-state index >= 15 is 0 Å². The number of benzene rings is 2. The Morgan fingerprint density at radius 3 is 2.44 bits per heavy atom. The van der Waals surface area contributed by atoms with E-state index in [1.54, 1.807) is 18.2 Å². The fourth-order valence-corrected chi connectivity index (χ4v) is 2.32. The Morgan fingerprint density at radius 1 is 1.08 bits per heavy atom. The van der Waals surface area contributed by atoms with Crippen molar-refractivity contribution < 1.29 is 22.7 Å². The topological polar surface area (TPSA) is 38.3 Å². The van der Waals surface area contributed by atoms with Crippen molar-refractivity contribution in [2.45, 2.75) is 25.6 Å². The summed E-state index contributed by atoms with van der Waals surface area (Å²) in [6.07, 6.45) is -3.46. The number of rotatable bonds is 7. The normalized spacial score (nSPS) is 11.2. The number of hydrogen-bond acceptors (Lipinski definition) is 2. The molecule has 0 radical (unpaired) electrons. The van der Waals surface area contributed by atoms with Crippen LogP contribution < -0.4 is 10.1 Å². The third-order valence-electron chi connectivity index (χ3n) is 3.35. The molecular weight excluding hydrogens is 355 g/mol. The van der Waals surface area contributed by atoms with Crippen LogP contribution in [0.5, 0.6) is 5.75 Å². The number of nitrogens with one attached hydrogen (secondary N) is 1. The molecule has 0 aromatic heterocycles. The quantitative estimate of drug-likeness (QED) is 0.776. The lowest BCUT2D eigenvalue weighted by atomic mass is 10.1. The molecule has 0 saturated heterocycles. The second kappa shape index (κ2) is 8.76. The van der Waals surface area contributed by atoms with Crippen molar-refractivity contribution in [1.29, 1.82) is 0 Å². The zero-order chi connectivity index (χ0) is 18.3. The van der Waals surface area contributed by atoms with Gasteiger partial charge in [-0.1, -0.05) is 35.9 Å². The van der Waals surface area contributed by atoms with E-state index in [9.17, 15) is 18.0 Å². The monoisotopic (exact) mass is 371 g/mol. The van der Waals surface area contributed by atoms with Gasteiger partial charge in [-0.25, -0.2) is 0 Å². The van der Waals surface area contributed by atoms with Gasteiger partial charge in [-0.15, -0.1) is 0 Å². The number of hydrogen-bond donors (Lipinski definition) is 1. The Morgan fingerprint density at radius 2 is 1.80 bits per heavy atom. The first-order valence-electron chi connectivity index (χ1n) is 7.61. The minimum absolute atomic E-state index is 0.114. The van der Waals surface area contributed by atoms with Gasteiger partial charge in [-0.3, -0.25) is 4.79 Å². The number of halogens is 4. The summed E-state index contributed by atoms with van der Waals surface area (Å²) in [5, 5.41) is 3.40. The molecular formula is C18H17ClF3NO2. The van der Waals surface area contributed by atoms with Crippen LogP contribution in [0.1, 0.15) is 17.5 Å². The summed E-state index contributed by atoms with van der Waals surface area (Å²) in [5.41, 5.74) is 1.75. The van der Waals surface area contributed by atoms with Crippen molar-refractivity contribution in [2.75, 3.05) is 6.61 Å². The Hall–Kier alpha value is -2.21. The largest absolute Gasteiger partial charge is 0.484 e. The number of carbonyl (C=O) groups is 1. The van der Waals surface area contributed by atoms with E-state index in [0.717, 1.165) is 11.1 Å². The van der Waals surface area contributed by atoms with E-state index in [4.69, 9.17) is 11.6 Å². The van der Waals surface area contributed by atoms with Gasteiger partial charge in [0.25, 0.3) is 0 Å². The van der Waals surface area contributed by atoms with Gasteiger partial charge in [0.15, 0.2) is 6.61 Å². The summed E-state index contributed by atoms with van der Waals surface area (Å²) in [4.78, 5) is 11.9. The average molecular weight is 372 g/mol. The van der Waals surface area contributed by atoms with Crippen LogP contribution in [0.2, 0.25) is 5.02 Å². The first kappa shape index (κ1) is 19.1. The zero-order valence-corrected chi connectivity index (χ0v) is 14.0. The molecule has 0 bridgehead atoms. The lowest BCUT2D eigenvalue weighted by molar-refractivity contribution is -0.153. The summed E-state index contributed by atoms with van der Waals surface area (Å²) in [6, 6.07) is 13.4. The average Bonchev–Trinajstić information content (AvgIpc) is 2.56. The Bertz CT molecular complexity index is 702. The third-order valence-corrected chi connectivity index (χ3v) is 3.58. The maximum absolute atomic E-state index is 12.1. The van der Waals surface area contributed by atoms with Crippen molar-refractivity contribution in [1.82, 2.24) is 5.32 Å². The van der Waals surface area contributed by atoms with Gasteiger partial charge in [0.1, 0.15) is 5.75 Å². The summed E-state index contributed by atoms with van der Waals surface area (Å²) < 4.78 is 40.8. The van der Waals surface area contributed by atoms with Gasteiger partial charge in [0, 0.05) is 18.0 Å². The van der Waals surface area contributed by atoms with Crippen molar-refractivity contribution >= 4 is 17.5 Å². The van der Waals surface area contributed by atoms with Gasteiger partial charge in [0.2, 0.25) is 5.91 Å². The molecule has 0 heterocycles. The van der Waals surface area contributed by atoms with Crippen LogP contribution in [-0.4, -0.2) is 18.7 Å². The molecule has 3 nitrogen and oxygen atoms in total. The Kier molecular flexibility index (Phi) is 6.70. The highest BCUT2D eigenvalue weighted by molar-refractivity contribution is 6.30. The fraction of sp³-hybridized carbons (Fsp3) is 0.278. The highest BCUT2D eigenvalue weighted by Crippen LogP contribution is 2.19. The maximum Gasteiger partial charge on any atom is 0.422 e. The maximum atomic E-state index is 12.1. The predicted octanol–water partition coefficient (Wildman–Crippen LogP) is 4.53. The molecule has 2 aromatic rings. The molecule has 0 spiro atoms. The van der Waals surface area contributed by atoms with Crippen LogP contribution in [0.3, 0.4) is 0 Å². The fourth-order valence-electron chi connectivity index (χ4n) is 2.11. The smallest absolute Gasteiger partial charge is 0.422 e. The first-order chi connectivity index (χ1) is 11.8. The van der Waals surface area contributed by atoms with Gasteiger partial charge in [-0.05, 0) is 41.8 Å². The van der Waals surface area contributed by atoms with Crippen LogP contribution >= 0.6 is 11.6 Å². The molecule has 0 atom stereocenters. The van der Waals surface area contributed by atoms with Gasteiger partial charge in [0.05, 0.1) is 0 Å². The summed E-state index contributed by atoms with van der Waals surface area (Å²) in [6.45, 7) is -1.03. The zero-order valence-electron chi connectivity index (χ0n) is 13.3. The van der Waals surface area contributed by atoms with E-state index in [-0.39, 0.29) is 11.7 Å². The second-order valence-electron chi connectivity index (χ2n) is 5.45. The van der Waals surface area contributed by atoms with Gasteiger partial charge in [-0.2, -0.15) is 13.2 Å². The molecule has 25 heavy (non-hydrogen) atoms. The number of amides is 1. The van der Waals surface area contributed by atoms with E-state index in [1.165, 1.54) is 12.1 Å². The first-order valence-corrected chi connectivity index (χ1v) is 7.99. The lowest BCUT2D eigenvalue weighted by Crippen LogP contribution is -2.23. The molecule has 2 aromatic carbocycles. The summed E-state index contributed by atoms with van der Waals surface area (Å²) in [5.74, 6) is 0.0192. The molecule has 0 saturated carbocycles. The van der Waals surface area contributed by atoms with Crippen LogP contribution in [0.15, 0.2) is 48.5 Å². The van der Waals surface area contributed by atoms with E-state index in [0.29, 0.717) is 24.4 Å². The number of alkyl halides is 3. The summed E-state index contributed by atoms with van der Waals surface area (Å²) in [7, 11) is 0. The third kappa shape index (κ3) is 7.47. The molecule has 1 amide bonds.